The third-order valence-electron chi connectivity index (χ3n) is 2.87. The monoisotopic (exact) mass is 295 g/mol. The van der Waals surface area contributed by atoms with Crippen LogP contribution in [-0.4, -0.2) is 21.7 Å². The van der Waals surface area contributed by atoms with E-state index in [-0.39, 0.29) is 17.5 Å². The zero-order chi connectivity index (χ0) is 15.0. The number of ether oxygens (including phenoxy) is 1. The van der Waals surface area contributed by atoms with E-state index in [2.05, 4.69) is 0 Å². The summed E-state index contributed by atoms with van der Waals surface area (Å²) in [5, 5.41) is 10.5. The van der Waals surface area contributed by atoms with Gasteiger partial charge in [0.15, 0.2) is 11.4 Å². The van der Waals surface area contributed by atoms with E-state index in [9.17, 15) is 14.7 Å². The van der Waals surface area contributed by atoms with E-state index in [1.54, 1.807) is 32.0 Å². The van der Waals surface area contributed by atoms with Gasteiger partial charge in [0, 0.05) is 17.5 Å². The summed E-state index contributed by atoms with van der Waals surface area (Å²) in [6.07, 6.45) is -0.229. The third-order valence-corrected chi connectivity index (χ3v) is 3.10. The highest BCUT2D eigenvalue weighted by Gasteiger charge is 2.22. The molecule has 0 aliphatic heterocycles. The Bertz CT molecular complexity index is 749. The molecule has 2 rings (SSSR count). The Morgan fingerprint density at radius 3 is 2.55 bits per heavy atom. The summed E-state index contributed by atoms with van der Waals surface area (Å²) >= 11 is 5.94. The van der Waals surface area contributed by atoms with Gasteiger partial charge in [-0.15, -0.1) is 0 Å². The standard InChI is InChI=1S/C14H14ClNO4/c1-7(2)20-12-10-6-8(15)4-5-9(10)13(17)16(3)11(12)14(18)19/h4-7H,1-3H3,(H,18,19). The quantitative estimate of drug-likeness (QED) is 0.945. The molecule has 106 valence electrons. The Labute approximate surface area is 120 Å². The van der Waals surface area contributed by atoms with E-state index in [1.165, 1.54) is 7.05 Å². The average Bonchev–Trinajstić information content (AvgIpc) is 2.34. The molecule has 0 unspecified atom stereocenters. The maximum Gasteiger partial charge on any atom is 0.356 e. The second kappa shape index (κ2) is 5.17. The maximum absolute atomic E-state index is 12.2. The number of carbonyl (C=O) groups is 1. The van der Waals surface area contributed by atoms with E-state index in [4.69, 9.17) is 16.3 Å². The summed E-state index contributed by atoms with van der Waals surface area (Å²) in [6.45, 7) is 3.57. The van der Waals surface area contributed by atoms with Crippen LogP contribution in [-0.2, 0) is 7.05 Å². The Hall–Kier alpha value is -2.01. The van der Waals surface area contributed by atoms with Crippen LogP contribution in [0.2, 0.25) is 5.02 Å². The van der Waals surface area contributed by atoms with E-state index >= 15 is 0 Å². The van der Waals surface area contributed by atoms with Crippen LogP contribution in [0, 0.1) is 0 Å². The van der Waals surface area contributed by atoms with Crippen molar-refractivity contribution in [2.75, 3.05) is 0 Å². The van der Waals surface area contributed by atoms with Gasteiger partial charge in [0.2, 0.25) is 0 Å². The van der Waals surface area contributed by atoms with Crippen LogP contribution in [0.4, 0.5) is 0 Å². The molecule has 20 heavy (non-hydrogen) atoms. The maximum atomic E-state index is 12.2. The fraction of sp³-hybridized carbons (Fsp3) is 0.286. The van der Waals surface area contributed by atoms with Crippen molar-refractivity contribution in [3.63, 3.8) is 0 Å². The van der Waals surface area contributed by atoms with Crippen LogP contribution in [0.3, 0.4) is 0 Å². The van der Waals surface area contributed by atoms with Crippen LogP contribution in [0.1, 0.15) is 24.3 Å². The van der Waals surface area contributed by atoms with Crippen molar-refractivity contribution in [1.29, 1.82) is 0 Å². The van der Waals surface area contributed by atoms with Crippen LogP contribution in [0.15, 0.2) is 23.0 Å². The van der Waals surface area contributed by atoms with Gasteiger partial charge >= 0.3 is 5.97 Å². The van der Waals surface area contributed by atoms with Gasteiger partial charge in [0.25, 0.3) is 5.56 Å². The molecule has 0 aliphatic rings. The molecule has 0 spiro atoms. The third kappa shape index (κ3) is 2.36. The second-order valence-corrected chi connectivity index (χ2v) is 5.14. The number of rotatable bonds is 3. The van der Waals surface area contributed by atoms with Crippen molar-refractivity contribution in [1.82, 2.24) is 4.57 Å². The van der Waals surface area contributed by atoms with E-state index in [0.717, 1.165) is 4.57 Å². The molecule has 1 N–H and O–H groups in total. The molecule has 0 amide bonds. The first-order chi connectivity index (χ1) is 9.32. The molecule has 2 aromatic rings. The molecule has 1 heterocycles. The molecule has 0 atom stereocenters. The van der Waals surface area contributed by atoms with Crippen LogP contribution < -0.4 is 10.3 Å². The number of aromatic carboxylic acids is 1. The molecular formula is C14H14ClNO4. The number of fused-ring (bicyclic) bond motifs is 1. The van der Waals surface area contributed by atoms with Gasteiger partial charge in [-0.1, -0.05) is 11.6 Å². The number of benzene rings is 1. The molecule has 6 heteroatoms. The summed E-state index contributed by atoms with van der Waals surface area (Å²) in [5.74, 6) is -1.06. The summed E-state index contributed by atoms with van der Waals surface area (Å²) in [6, 6.07) is 4.70. The minimum atomic E-state index is -1.22. The van der Waals surface area contributed by atoms with Crippen molar-refractivity contribution in [2.24, 2.45) is 7.05 Å². The predicted molar refractivity (Wildman–Crippen MR) is 76.9 cm³/mol. The normalized spacial score (nSPS) is 11.1. The summed E-state index contributed by atoms with van der Waals surface area (Å²) < 4.78 is 6.69. The van der Waals surface area contributed by atoms with Gasteiger partial charge in [0.05, 0.1) is 11.5 Å². The van der Waals surface area contributed by atoms with Crippen LogP contribution >= 0.6 is 11.6 Å². The van der Waals surface area contributed by atoms with Crippen molar-refractivity contribution < 1.29 is 14.6 Å². The minimum Gasteiger partial charge on any atom is -0.488 e. The lowest BCUT2D eigenvalue weighted by Crippen LogP contribution is -2.25. The fourth-order valence-corrected chi connectivity index (χ4v) is 2.22. The van der Waals surface area contributed by atoms with Gasteiger partial charge in [-0.05, 0) is 32.0 Å². The van der Waals surface area contributed by atoms with Crippen LogP contribution in [0.5, 0.6) is 5.75 Å². The Morgan fingerprint density at radius 2 is 2.00 bits per heavy atom. The van der Waals surface area contributed by atoms with E-state index in [0.29, 0.717) is 15.8 Å². The molecule has 0 bridgehead atoms. The first-order valence-corrected chi connectivity index (χ1v) is 6.43. The van der Waals surface area contributed by atoms with Gasteiger partial charge in [-0.3, -0.25) is 4.79 Å². The largest absolute Gasteiger partial charge is 0.488 e. The Kier molecular flexibility index (Phi) is 3.72. The highest BCUT2D eigenvalue weighted by molar-refractivity contribution is 6.31. The number of carboxylic acid groups (broad SMARTS) is 1. The first-order valence-electron chi connectivity index (χ1n) is 6.05. The number of hydrogen-bond donors (Lipinski definition) is 1. The Balaban J connectivity index is 2.98. The average molecular weight is 296 g/mol. The molecule has 1 aromatic heterocycles. The molecule has 1 aromatic carbocycles. The summed E-state index contributed by atoms with van der Waals surface area (Å²) in [4.78, 5) is 23.6. The number of nitrogens with zero attached hydrogens (tertiary/aromatic N) is 1. The lowest BCUT2D eigenvalue weighted by molar-refractivity contribution is 0.0678. The minimum absolute atomic E-state index is 0.159. The van der Waals surface area contributed by atoms with Gasteiger partial charge < -0.3 is 14.4 Å². The van der Waals surface area contributed by atoms with Gasteiger partial charge in [0.1, 0.15) is 0 Å². The summed E-state index contributed by atoms with van der Waals surface area (Å²) in [7, 11) is 1.41. The molecule has 0 saturated carbocycles. The second-order valence-electron chi connectivity index (χ2n) is 4.70. The van der Waals surface area contributed by atoms with Crippen LogP contribution in [0.25, 0.3) is 10.8 Å². The molecule has 5 nitrogen and oxygen atoms in total. The number of aromatic nitrogens is 1. The van der Waals surface area contributed by atoms with E-state index in [1.807, 2.05) is 0 Å². The van der Waals surface area contributed by atoms with E-state index < -0.39 is 11.5 Å². The topological polar surface area (TPSA) is 68.5 Å². The van der Waals surface area contributed by atoms with Gasteiger partial charge in [-0.2, -0.15) is 0 Å². The van der Waals surface area contributed by atoms with Gasteiger partial charge in [-0.25, -0.2) is 4.79 Å². The first kappa shape index (κ1) is 14.4. The fourth-order valence-electron chi connectivity index (χ4n) is 2.05. The SMILES string of the molecule is CC(C)Oc1c(C(=O)O)n(C)c(=O)c2ccc(Cl)cc12. The molecule has 0 radical (unpaired) electrons. The number of halogens is 1. The molecular weight excluding hydrogens is 282 g/mol. The molecule has 0 fully saturated rings. The number of hydrogen-bond acceptors (Lipinski definition) is 3. The molecule has 0 aliphatic carbocycles. The number of carboxylic acids is 1. The van der Waals surface area contributed by atoms with Crippen molar-refractivity contribution in [3.05, 3.63) is 39.3 Å². The predicted octanol–water partition coefficient (Wildman–Crippen LogP) is 2.68. The van der Waals surface area contributed by atoms with Crippen molar-refractivity contribution in [3.8, 4) is 5.75 Å². The molecule has 0 saturated heterocycles. The van der Waals surface area contributed by atoms with Crippen molar-refractivity contribution >= 4 is 28.3 Å². The summed E-state index contributed by atoms with van der Waals surface area (Å²) in [5.41, 5.74) is -0.580. The number of pyridine rings is 1. The van der Waals surface area contributed by atoms with Crippen molar-refractivity contribution in [2.45, 2.75) is 20.0 Å². The smallest absolute Gasteiger partial charge is 0.356 e. The Morgan fingerprint density at radius 1 is 1.35 bits per heavy atom. The highest BCUT2D eigenvalue weighted by Crippen LogP contribution is 2.30. The zero-order valence-electron chi connectivity index (χ0n) is 11.3. The lowest BCUT2D eigenvalue weighted by atomic mass is 10.1. The zero-order valence-corrected chi connectivity index (χ0v) is 12.1. The lowest BCUT2D eigenvalue weighted by Gasteiger charge is -2.17. The highest BCUT2D eigenvalue weighted by atomic mass is 35.5.